The Morgan fingerprint density at radius 1 is 1.11 bits per heavy atom. The Hall–Kier alpha value is -0.0200. The van der Waals surface area contributed by atoms with Crippen molar-refractivity contribution in [2.24, 2.45) is 11.3 Å². The summed E-state index contributed by atoms with van der Waals surface area (Å²) >= 11 is 0. The molecule has 0 spiro atoms. The average Bonchev–Trinajstić information content (AvgIpc) is 2.10. The Balaban J connectivity index is 4.32. The zero-order chi connectivity index (χ0) is 15.5. The number of unbranched alkanes of at least 4 members (excludes halogenated alkanes) is 1. The van der Waals surface area contributed by atoms with E-state index in [0.29, 0.717) is 5.41 Å². The van der Waals surface area contributed by atoms with E-state index in [4.69, 9.17) is 0 Å². The Kier molecular flexibility index (Phi) is 6.61. The van der Waals surface area contributed by atoms with Crippen molar-refractivity contribution in [2.45, 2.75) is 73.3 Å². The second kappa shape index (κ2) is 6.62. The fraction of sp³-hybridized carbons (Fsp3) is 0.938. The summed E-state index contributed by atoms with van der Waals surface area (Å²) in [5.74, 6) is 4.57. The third-order valence-electron chi connectivity index (χ3n) is 3.94. The van der Waals surface area contributed by atoms with Crippen molar-refractivity contribution >= 4 is 15.6 Å². The molecule has 116 valence electrons. The Morgan fingerprint density at radius 3 is 1.89 bits per heavy atom. The van der Waals surface area contributed by atoms with Crippen LogP contribution in [-0.2, 0) is 9.71 Å². The minimum atomic E-state index is -2.12. The standard InChI is InChI=1S/C16H35NOS/c1-14(15(2,3)4)12-10-11-13-17(16(5,6)7)19(8,9)18/h14H,8,10-13H2,1-7,9H3. The van der Waals surface area contributed by atoms with Gasteiger partial charge in [-0.2, -0.15) is 0 Å². The van der Waals surface area contributed by atoms with Crippen LogP contribution in [0.4, 0.5) is 0 Å². The van der Waals surface area contributed by atoms with E-state index in [0.717, 1.165) is 18.9 Å². The molecule has 0 aromatic carbocycles. The van der Waals surface area contributed by atoms with Crippen molar-refractivity contribution < 1.29 is 4.21 Å². The van der Waals surface area contributed by atoms with Crippen molar-refractivity contribution in [3.63, 3.8) is 0 Å². The van der Waals surface area contributed by atoms with E-state index in [1.807, 2.05) is 0 Å². The molecule has 3 heteroatoms. The second-order valence-electron chi connectivity index (χ2n) is 8.00. The zero-order valence-corrected chi connectivity index (χ0v) is 15.2. The maximum atomic E-state index is 12.2. The lowest BCUT2D eigenvalue weighted by molar-refractivity contribution is 0.227. The van der Waals surface area contributed by atoms with Crippen LogP contribution in [-0.4, -0.2) is 32.7 Å². The topological polar surface area (TPSA) is 20.3 Å². The summed E-state index contributed by atoms with van der Waals surface area (Å²) in [4.78, 5) is 0. The van der Waals surface area contributed by atoms with E-state index in [-0.39, 0.29) is 5.54 Å². The third-order valence-corrected chi connectivity index (χ3v) is 5.60. The molecular weight excluding hydrogens is 254 g/mol. The molecule has 0 heterocycles. The van der Waals surface area contributed by atoms with Gasteiger partial charge in [-0.15, -0.1) is 0 Å². The molecule has 0 saturated heterocycles. The summed E-state index contributed by atoms with van der Waals surface area (Å²) < 4.78 is 14.3. The third kappa shape index (κ3) is 7.36. The molecule has 0 rings (SSSR count). The van der Waals surface area contributed by atoms with Crippen LogP contribution in [0.25, 0.3) is 0 Å². The Bertz CT molecular complexity index is 357. The van der Waals surface area contributed by atoms with Crippen LogP contribution in [0.5, 0.6) is 0 Å². The maximum absolute atomic E-state index is 12.2. The molecule has 2 nitrogen and oxygen atoms in total. The van der Waals surface area contributed by atoms with Gasteiger partial charge >= 0.3 is 0 Å². The van der Waals surface area contributed by atoms with E-state index in [1.54, 1.807) is 6.26 Å². The summed E-state index contributed by atoms with van der Waals surface area (Å²) in [6, 6.07) is 0. The highest BCUT2D eigenvalue weighted by molar-refractivity contribution is 7.97. The van der Waals surface area contributed by atoms with Gasteiger partial charge in [0.05, 0.1) is 0 Å². The molecule has 0 aromatic rings. The number of nitrogens with zero attached hydrogens (tertiary/aromatic N) is 1. The van der Waals surface area contributed by atoms with E-state index in [9.17, 15) is 4.21 Å². The SMILES string of the molecule is C=S(C)(=O)N(CCCCC(C)C(C)(C)C)C(C)(C)C. The molecule has 0 amide bonds. The highest BCUT2D eigenvalue weighted by Gasteiger charge is 2.25. The molecule has 0 aromatic heterocycles. The molecule has 0 saturated carbocycles. The summed E-state index contributed by atoms with van der Waals surface area (Å²) in [6.45, 7) is 16.4. The molecule has 0 fully saturated rings. The minimum Gasteiger partial charge on any atom is -0.253 e. The van der Waals surface area contributed by atoms with Gasteiger partial charge in [-0.05, 0) is 44.4 Å². The van der Waals surface area contributed by atoms with Gasteiger partial charge in [0.1, 0.15) is 0 Å². The van der Waals surface area contributed by atoms with Gasteiger partial charge < -0.3 is 0 Å². The lowest BCUT2D eigenvalue weighted by Crippen LogP contribution is -2.45. The van der Waals surface area contributed by atoms with Crippen molar-refractivity contribution in [1.82, 2.24) is 4.31 Å². The first-order chi connectivity index (χ1) is 8.26. The molecule has 19 heavy (non-hydrogen) atoms. The van der Waals surface area contributed by atoms with Crippen LogP contribution in [0.15, 0.2) is 0 Å². The van der Waals surface area contributed by atoms with Gasteiger partial charge in [0, 0.05) is 28.0 Å². The molecule has 0 aliphatic carbocycles. The molecule has 0 aliphatic rings. The van der Waals surface area contributed by atoms with Crippen LogP contribution in [0.3, 0.4) is 0 Å². The fourth-order valence-corrected chi connectivity index (χ4v) is 3.92. The number of rotatable bonds is 6. The predicted molar refractivity (Wildman–Crippen MR) is 90.1 cm³/mol. The van der Waals surface area contributed by atoms with Gasteiger partial charge in [-0.25, -0.2) is 4.31 Å². The molecule has 2 atom stereocenters. The zero-order valence-electron chi connectivity index (χ0n) is 14.4. The molecule has 2 unspecified atom stereocenters. The fourth-order valence-electron chi connectivity index (χ4n) is 2.25. The maximum Gasteiger partial charge on any atom is 0.0250 e. The van der Waals surface area contributed by atoms with E-state index in [2.05, 4.69) is 58.6 Å². The van der Waals surface area contributed by atoms with Crippen molar-refractivity contribution in [1.29, 1.82) is 0 Å². The van der Waals surface area contributed by atoms with Gasteiger partial charge in [0.2, 0.25) is 0 Å². The molecular formula is C16H35NOS. The summed E-state index contributed by atoms with van der Waals surface area (Å²) in [6.07, 6.45) is 5.28. The Labute approximate surface area is 122 Å². The van der Waals surface area contributed by atoms with Crippen LogP contribution >= 0.6 is 0 Å². The van der Waals surface area contributed by atoms with Crippen molar-refractivity contribution in [2.75, 3.05) is 12.8 Å². The highest BCUT2D eigenvalue weighted by Crippen LogP contribution is 2.29. The first kappa shape index (κ1) is 19.0. The number of hydrogen-bond acceptors (Lipinski definition) is 1. The van der Waals surface area contributed by atoms with Gasteiger partial charge in [-0.3, -0.25) is 4.21 Å². The van der Waals surface area contributed by atoms with Gasteiger partial charge in [0.25, 0.3) is 0 Å². The largest absolute Gasteiger partial charge is 0.253 e. The van der Waals surface area contributed by atoms with Gasteiger partial charge in [-0.1, -0.05) is 40.5 Å². The Morgan fingerprint density at radius 2 is 1.58 bits per heavy atom. The molecule has 0 N–H and O–H groups in total. The van der Waals surface area contributed by atoms with Crippen molar-refractivity contribution in [3.05, 3.63) is 0 Å². The minimum absolute atomic E-state index is 0.0801. The van der Waals surface area contributed by atoms with Crippen LogP contribution in [0.2, 0.25) is 0 Å². The monoisotopic (exact) mass is 289 g/mol. The van der Waals surface area contributed by atoms with E-state index < -0.39 is 9.71 Å². The van der Waals surface area contributed by atoms with Crippen LogP contribution in [0, 0.1) is 11.3 Å². The molecule has 0 aliphatic heterocycles. The van der Waals surface area contributed by atoms with Gasteiger partial charge in [0.15, 0.2) is 0 Å². The van der Waals surface area contributed by atoms with E-state index in [1.165, 1.54) is 12.8 Å². The quantitative estimate of drug-likeness (QED) is 0.530. The highest BCUT2D eigenvalue weighted by atomic mass is 32.2. The predicted octanol–water partition coefficient (Wildman–Crippen LogP) is 4.20. The molecule has 0 bridgehead atoms. The van der Waals surface area contributed by atoms with E-state index >= 15 is 0 Å². The van der Waals surface area contributed by atoms with Crippen LogP contribution < -0.4 is 0 Å². The lowest BCUT2D eigenvalue weighted by atomic mass is 9.79. The first-order valence-corrected chi connectivity index (χ1v) is 9.45. The summed E-state index contributed by atoms with van der Waals surface area (Å²) in [7, 11) is -2.12. The van der Waals surface area contributed by atoms with Crippen LogP contribution in [0.1, 0.15) is 67.7 Å². The summed E-state index contributed by atoms with van der Waals surface area (Å²) in [5, 5.41) is 0. The first-order valence-electron chi connectivity index (χ1n) is 7.36. The molecule has 0 radical (unpaired) electrons. The van der Waals surface area contributed by atoms with Crippen molar-refractivity contribution in [3.8, 4) is 0 Å². The smallest absolute Gasteiger partial charge is 0.0250 e. The average molecular weight is 290 g/mol. The second-order valence-corrected chi connectivity index (χ2v) is 10.4. The summed E-state index contributed by atoms with van der Waals surface area (Å²) in [5.41, 5.74) is 0.303. The normalized spacial score (nSPS) is 18.4. The number of hydrogen-bond donors (Lipinski definition) is 0. The lowest BCUT2D eigenvalue weighted by Gasteiger charge is -2.36.